The fourth-order valence-corrected chi connectivity index (χ4v) is 3.22. The van der Waals surface area contributed by atoms with Crippen LogP contribution in [0.4, 0.5) is 0 Å². The number of furan rings is 1. The highest BCUT2D eigenvalue weighted by Crippen LogP contribution is 2.33. The third-order valence-corrected chi connectivity index (χ3v) is 4.24. The molecule has 0 amide bonds. The quantitative estimate of drug-likeness (QED) is 0.869. The van der Waals surface area contributed by atoms with Gasteiger partial charge in [0.15, 0.2) is 0 Å². The van der Waals surface area contributed by atoms with Crippen molar-refractivity contribution in [1.29, 1.82) is 0 Å². The van der Waals surface area contributed by atoms with Gasteiger partial charge in [-0.05, 0) is 39.0 Å². The van der Waals surface area contributed by atoms with Crippen LogP contribution in [-0.4, -0.2) is 6.54 Å². The van der Waals surface area contributed by atoms with Gasteiger partial charge >= 0.3 is 0 Å². The largest absolute Gasteiger partial charge is 0.469 e. The molecule has 3 heterocycles. The van der Waals surface area contributed by atoms with Crippen molar-refractivity contribution in [3.63, 3.8) is 0 Å². The van der Waals surface area contributed by atoms with E-state index in [2.05, 4.69) is 38.8 Å². The fourth-order valence-electron chi connectivity index (χ4n) is 2.02. The molecule has 0 radical (unpaired) electrons. The lowest BCUT2D eigenvalue weighted by atomic mass is 9.97. The van der Waals surface area contributed by atoms with Crippen LogP contribution in [0.2, 0.25) is 0 Å². The second-order valence-corrected chi connectivity index (χ2v) is 5.91. The molecule has 15 heavy (non-hydrogen) atoms. The molecule has 2 aromatic rings. The van der Waals surface area contributed by atoms with Gasteiger partial charge in [-0.1, -0.05) is 0 Å². The zero-order valence-electron chi connectivity index (χ0n) is 8.00. The number of hydrogen-bond donors (Lipinski definition) is 1. The molecule has 0 aliphatic carbocycles. The summed E-state index contributed by atoms with van der Waals surface area (Å²) >= 11 is 5.22. The Morgan fingerprint density at radius 3 is 3.27 bits per heavy atom. The van der Waals surface area contributed by atoms with Crippen molar-refractivity contribution in [2.24, 2.45) is 0 Å². The minimum absolute atomic E-state index is 0.301. The molecule has 0 bridgehead atoms. The molecular weight excluding hydrogens is 274 g/mol. The van der Waals surface area contributed by atoms with Gasteiger partial charge in [0, 0.05) is 18.5 Å². The van der Waals surface area contributed by atoms with Crippen LogP contribution in [0.25, 0.3) is 0 Å². The number of nitrogens with one attached hydrogen (secondary N) is 1. The minimum atomic E-state index is 0.301. The van der Waals surface area contributed by atoms with Crippen LogP contribution in [-0.2, 0) is 6.42 Å². The first-order valence-electron chi connectivity index (χ1n) is 4.88. The van der Waals surface area contributed by atoms with Crippen molar-refractivity contribution in [2.75, 3.05) is 6.54 Å². The molecule has 0 spiro atoms. The summed E-state index contributed by atoms with van der Waals surface area (Å²) in [5, 5.41) is 5.70. The third-order valence-electron chi connectivity index (χ3n) is 2.71. The summed E-state index contributed by atoms with van der Waals surface area (Å²) < 4.78 is 6.64. The Morgan fingerprint density at radius 1 is 1.53 bits per heavy atom. The van der Waals surface area contributed by atoms with Gasteiger partial charge in [-0.3, -0.25) is 0 Å². The summed E-state index contributed by atoms with van der Waals surface area (Å²) in [5.41, 5.74) is 2.60. The molecular formula is C11H10BrNOS. The summed E-state index contributed by atoms with van der Waals surface area (Å²) in [6.07, 6.45) is 2.77. The molecule has 1 unspecified atom stereocenters. The first-order chi connectivity index (χ1) is 7.34. The average molecular weight is 284 g/mol. The zero-order chi connectivity index (χ0) is 10.3. The van der Waals surface area contributed by atoms with E-state index in [0.29, 0.717) is 6.04 Å². The molecule has 2 nitrogen and oxygen atoms in total. The van der Waals surface area contributed by atoms with Crippen LogP contribution in [0.1, 0.15) is 22.9 Å². The van der Waals surface area contributed by atoms with Crippen LogP contribution in [0.3, 0.4) is 0 Å². The number of thiophene rings is 1. The predicted octanol–water partition coefficient (Wildman–Crippen LogP) is 3.34. The van der Waals surface area contributed by atoms with Crippen LogP contribution in [0, 0.1) is 0 Å². The molecule has 4 heteroatoms. The van der Waals surface area contributed by atoms with Crippen molar-refractivity contribution < 1.29 is 4.42 Å². The predicted molar refractivity (Wildman–Crippen MR) is 64.3 cm³/mol. The second kappa shape index (κ2) is 3.77. The van der Waals surface area contributed by atoms with Gasteiger partial charge in [0.05, 0.1) is 16.1 Å². The van der Waals surface area contributed by atoms with Gasteiger partial charge in [-0.2, -0.15) is 0 Å². The van der Waals surface area contributed by atoms with Crippen LogP contribution >= 0.6 is 27.3 Å². The van der Waals surface area contributed by atoms with Crippen molar-refractivity contribution in [3.05, 3.63) is 44.4 Å². The van der Waals surface area contributed by atoms with E-state index in [1.54, 1.807) is 17.6 Å². The normalized spacial score (nSPS) is 20.2. The summed E-state index contributed by atoms with van der Waals surface area (Å²) in [7, 11) is 0. The molecule has 1 aliphatic rings. The number of halogens is 1. The maximum Gasteiger partial charge on any atom is 0.110 e. The van der Waals surface area contributed by atoms with E-state index in [0.717, 1.165) is 18.7 Å². The monoisotopic (exact) mass is 283 g/mol. The van der Waals surface area contributed by atoms with Crippen molar-refractivity contribution in [3.8, 4) is 0 Å². The highest BCUT2D eigenvalue weighted by atomic mass is 79.9. The summed E-state index contributed by atoms with van der Waals surface area (Å²) in [6.45, 7) is 0.985. The Balaban J connectivity index is 2.02. The van der Waals surface area contributed by atoms with E-state index in [-0.39, 0.29) is 0 Å². The van der Waals surface area contributed by atoms with Gasteiger partial charge in [0.1, 0.15) is 5.76 Å². The average Bonchev–Trinajstić information content (AvgIpc) is 2.84. The van der Waals surface area contributed by atoms with E-state index in [1.807, 2.05) is 0 Å². The lowest BCUT2D eigenvalue weighted by Crippen LogP contribution is -2.29. The Morgan fingerprint density at radius 2 is 2.47 bits per heavy atom. The number of hydrogen-bond acceptors (Lipinski definition) is 3. The molecule has 0 fully saturated rings. The topological polar surface area (TPSA) is 25.2 Å². The smallest absolute Gasteiger partial charge is 0.110 e. The maximum absolute atomic E-state index is 5.47. The molecule has 3 rings (SSSR count). The molecule has 2 aromatic heterocycles. The van der Waals surface area contributed by atoms with Crippen LogP contribution in [0.5, 0.6) is 0 Å². The molecule has 1 atom stereocenters. The maximum atomic E-state index is 5.47. The van der Waals surface area contributed by atoms with E-state index >= 15 is 0 Å². The first kappa shape index (κ1) is 9.63. The van der Waals surface area contributed by atoms with Gasteiger partial charge in [-0.15, -0.1) is 11.3 Å². The minimum Gasteiger partial charge on any atom is -0.469 e. The Bertz CT molecular complexity index is 476. The van der Waals surface area contributed by atoms with Gasteiger partial charge in [-0.25, -0.2) is 0 Å². The fraction of sp³-hybridized carbons (Fsp3) is 0.273. The van der Waals surface area contributed by atoms with Crippen molar-refractivity contribution in [2.45, 2.75) is 12.5 Å². The van der Waals surface area contributed by atoms with Gasteiger partial charge in [0.25, 0.3) is 0 Å². The summed E-state index contributed by atoms with van der Waals surface area (Å²) in [5.74, 6) is 1.13. The molecule has 0 aromatic carbocycles. The Hall–Kier alpha value is -0.580. The number of rotatable bonds is 1. The lowest BCUT2D eigenvalue weighted by Gasteiger charge is -2.22. The van der Waals surface area contributed by atoms with E-state index in [1.165, 1.54) is 14.9 Å². The second-order valence-electron chi connectivity index (χ2n) is 3.62. The van der Waals surface area contributed by atoms with Gasteiger partial charge in [0.2, 0.25) is 0 Å². The molecule has 1 aliphatic heterocycles. The summed E-state index contributed by atoms with van der Waals surface area (Å²) in [6, 6.07) is 4.54. The first-order valence-corrected chi connectivity index (χ1v) is 6.55. The van der Waals surface area contributed by atoms with Crippen LogP contribution < -0.4 is 5.32 Å². The third kappa shape index (κ3) is 1.67. The van der Waals surface area contributed by atoms with Crippen LogP contribution in [0.15, 0.2) is 32.0 Å². The van der Waals surface area contributed by atoms with Gasteiger partial charge < -0.3 is 9.73 Å². The Kier molecular flexibility index (Phi) is 2.42. The lowest BCUT2D eigenvalue weighted by molar-refractivity contribution is 0.456. The number of fused-ring (bicyclic) bond motifs is 1. The highest BCUT2D eigenvalue weighted by Gasteiger charge is 2.23. The standard InChI is InChI=1S/C11H10BrNOS/c12-10-5-7(6-15-10)11-8-2-4-14-9(8)1-3-13-11/h2,4-6,11,13H,1,3H2. The molecule has 0 saturated heterocycles. The SMILES string of the molecule is Brc1cc(C2NCCc3occc32)cs1. The van der Waals surface area contributed by atoms with E-state index < -0.39 is 0 Å². The van der Waals surface area contributed by atoms with E-state index in [4.69, 9.17) is 4.42 Å². The van der Waals surface area contributed by atoms with E-state index in [9.17, 15) is 0 Å². The molecule has 0 saturated carbocycles. The van der Waals surface area contributed by atoms with Crippen molar-refractivity contribution >= 4 is 27.3 Å². The Labute approximate surface area is 100 Å². The van der Waals surface area contributed by atoms with Crippen molar-refractivity contribution in [1.82, 2.24) is 5.32 Å². The summed E-state index contributed by atoms with van der Waals surface area (Å²) in [4.78, 5) is 0. The highest BCUT2D eigenvalue weighted by molar-refractivity contribution is 9.11. The molecule has 1 N–H and O–H groups in total. The zero-order valence-corrected chi connectivity index (χ0v) is 10.4. The molecule has 78 valence electrons.